The Morgan fingerprint density at radius 2 is 1.77 bits per heavy atom. The Hall–Kier alpha value is -2.75. The standard InChI is InChI=1S/C22H23BrN4O4/c23-16-1-2-19-17(11-16)18(13-27(19)14-20(28)29)21(22(30)31)26-9-7-25(8-10-26)12-15-3-5-24-6-4-15/h1-6,11,13,21H,7-10,12,14H2,(H,28,29)(H,30,31)/t21-/m0/s1. The third-order valence-electron chi connectivity index (χ3n) is 5.64. The Bertz CT molecular complexity index is 1090. The zero-order valence-corrected chi connectivity index (χ0v) is 18.4. The molecule has 0 bridgehead atoms. The van der Waals surface area contributed by atoms with Gasteiger partial charge in [-0.15, -0.1) is 0 Å². The van der Waals surface area contributed by atoms with Gasteiger partial charge in [-0.2, -0.15) is 0 Å². The zero-order valence-electron chi connectivity index (χ0n) is 16.8. The molecule has 0 spiro atoms. The number of aromatic nitrogens is 2. The van der Waals surface area contributed by atoms with Crippen LogP contribution in [-0.4, -0.2) is 67.7 Å². The lowest BCUT2D eigenvalue weighted by molar-refractivity contribution is -0.144. The number of carboxylic acids is 2. The molecular weight excluding hydrogens is 464 g/mol. The van der Waals surface area contributed by atoms with E-state index in [-0.39, 0.29) is 6.54 Å². The molecule has 9 heteroatoms. The Morgan fingerprint density at radius 3 is 2.42 bits per heavy atom. The van der Waals surface area contributed by atoms with Crippen LogP contribution in [0.3, 0.4) is 0 Å². The highest BCUT2D eigenvalue weighted by atomic mass is 79.9. The number of hydrogen-bond acceptors (Lipinski definition) is 5. The van der Waals surface area contributed by atoms with Gasteiger partial charge in [0.05, 0.1) is 0 Å². The zero-order chi connectivity index (χ0) is 22.0. The van der Waals surface area contributed by atoms with Crippen molar-refractivity contribution in [2.24, 2.45) is 0 Å². The number of halogens is 1. The van der Waals surface area contributed by atoms with E-state index in [9.17, 15) is 19.8 Å². The van der Waals surface area contributed by atoms with E-state index < -0.39 is 18.0 Å². The molecule has 3 aromatic rings. The SMILES string of the molecule is O=C(O)Cn1cc([C@@H](C(=O)O)N2CCN(Cc3ccncc3)CC2)c2cc(Br)ccc21. The van der Waals surface area contributed by atoms with Crippen LogP contribution in [0.25, 0.3) is 10.9 Å². The molecule has 162 valence electrons. The minimum absolute atomic E-state index is 0.218. The highest BCUT2D eigenvalue weighted by Crippen LogP contribution is 2.33. The first-order valence-corrected chi connectivity index (χ1v) is 10.8. The monoisotopic (exact) mass is 486 g/mol. The van der Waals surface area contributed by atoms with E-state index in [2.05, 4.69) is 25.8 Å². The average molecular weight is 487 g/mol. The van der Waals surface area contributed by atoms with Crippen LogP contribution in [0.2, 0.25) is 0 Å². The number of carboxylic acid groups (broad SMARTS) is 2. The lowest BCUT2D eigenvalue weighted by Gasteiger charge is -2.37. The minimum Gasteiger partial charge on any atom is -0.480 e. The van der Waals surface area contributed by atoms with Crippen molar-refractivity contribution in [2.75, 3.05) is 26.2 Å². The van der Waals surface area contributed by atoms with Crippen LogP contribution in [0.1, 0.15) is 17.2 Å². The summed E-state index contributed by atoms with van der Waals surface area (Å²) in [5.74, 6) is -1.90. The van der Waals surface area contributed by atoms with Gasteiger partial charge in [-0.25, -0.2) is 0 Å². The number of aliphatic carboxylic acids is 2. The molecule has 31 heavy (non-hydrogen) atoms. The summed E-state index contributed by atoms with van der Waals surface area (Å²) in [6.45, 7) is 3.32. The smallest absolute Gasteiger partial charge is 0.325 e. The van der Waals surface area contributed by atoms with Crippen LogP contribution in [0.4, 0.5) is 0 Å². The predicted octanol–water partition coefficient (Wildman–Crippen LogP) is 2.83. The van der Waals surface area contributed by atoms with Crippen molar-refractivity contribution in [2.45, 2.75) is 19.1 Å². The fourth-order valence-corrected chi connectivity index (χ4v) is 4.56. The first-order valence-electron chi connectivity index (χ1n) is 10.0. The average Bonchev–Trinajstić information content (AvgIpc) is 3.06. The van der Waals surface area contributed by atoms with Gasteiger partial charge < -0.3 is 14.8 Å². The summed E-state index contributed by atoms with van der Waals surface area (Å²) in [5.41, 5.74) is 2.51. The van der Waals surface area contributed by atoms with Crippen molar-refractivity contribution in [3.63, 3.8) is 0 Å². The van der Waals surface area contributed by atoms with E-state index in [1.165, 1.54) is 5.56 Å². The molecule has 4 rings (SSSR count). The topological polar surface area (TPSA) is 98.9 Å². The van der Waals surface area contributed by atoms with Gasteiger partial charge in [0.2, 0.25) is 0 Å². The highest BCUT2D eigenvalue weighted by molar-refractivity contribution is 9.10. The van der Waals surface area contributed by atoms with E-state index >= 15 is 0 Å². The summed E-state index contributed by atoms with van der Waals surface area (Å²) in [5, 5.41) is 20.1. The van der Waals surface area contributed by atoms with Crippen molar-refractivity contribution in [1.82, 2.24) is 19.4 Å². The second kappa shape index (κ2) is 9.17. The molecule has 2 aromatic heterocycles. The number of hydrogen-bond donors (Lipinski definition) is 2. The first-order chi connectivity index (χ1) is 14.9. The fourth-order valence-electron chi connectivity index (χ4n) is 4.20. The van der Waals surface area contributed by atoms with Crippen LogP contribution in [0, 0.1) is 0 Å². The first kappa shape index (κ1) is 21.5. The molecule has 0 saturated carbocycles. The Morgan fingerprint density at radius 1 is 1.06 bits per heavy atom. The molecule has 1 aliphatic heterocycles. The van der Waals surface area contributed by atoms with E-state index in [1.54, 1.807) is 23.2 Å². The molecule has 0 amide bonds. The largest absolute Gasteiger partial charge is 0.480 e. The molecule has 1 atom stereocenters. The Balaban J connectivity index is 1.58. The van der Waals surface area contributed by atoms with Gasteiger partial charge >= 0.3 is 11.9 Å². The van der Waals surface area contributed by atoms with Gasteiger partial charge in [-0.1, -0.05) is 15.9 Å². The number of benzene rings is 1. The normalized spacial score (nSPS) is 16.4. The quantitative estimate of drug-likeness (QED) is 0.529. The molecule has 1 aromatic carbocycles. The molecular formula is C22H23BrN4O4. The lowest BCUT2D eigenvalue weighted by atomic mass is 10.0. The van der Waals surface area contributed by atoms with Crippen LogP contribution in [0.5, 0.6) is 0 Å². The summed E-state index contributed by atoms with van der Waals surface area (Å²) < 4.78 is 2.43. The molecule has 3 heterocycles. The van der Waals surface area contributed by atoms with Crippen molar-refractivity contribution in [3.8, 4) is 0 Å². The van der Waals surface area contributed by atoms with E-state index in [1.807, 2.05) is 35.2 Å². The predicted molar refractivity (Wildman–Crippen MR) is 119 cm³/mol. The molecule has 1 aliphatic rings. The van der Waals surface area contributed by atoms with Gasteiger partial charge in [-0.05, 0) is 35.9 Å². The van der Waals surface area contributed by atoms with Crippen molar-refractivity contribution in [3.05, 3.63) is 64.5 Å². The second-order valence-electron chi connectivity index (χ2n) is 7.68. The second-order valence-corrected chi connectivity index (χ2v) is 8.59. The summed E-state index contributed by atoms with van der Waals surface area (Å²) in [4.78, 5) is 32.0. The Labute approximate surface area is 187 Å². The molecule has 8 nitrogen and oxygen atoms in total. The van der Waals surface area contributed by atoms with Crippen LogP contribution < -0.4 is 0 Å². The maximum absolute atomic E-state index is 12.3. The number of fused-ring (bicyclic) bond motifs is 1. The number of nitrogens with zero attached hydrogens (tertiary/aromatic N) is 4. The summed E-state index contributed by atoms with van der Waals surface area (Å²) in [6, 6.07) is 8.65. The molecule has 0 radical (unpaired) electrons. The molecule has 1 saturated heterocycles. The highest BCUT2D eigenvalue weighted by Gasteiger charge is 2.33. The third kappa shape index (κ3) is 4.79. The van der Waals surface area contributed by atoms with Crippen molar-refractivity contribution >= 4 is 38.8 Å². The third-order valence-corrected chi connectivity index (χ3v) is 6.13. The number of piperazine rings is 1. The summed E-state index contributed by atoms with van der Waals surface area (Å²) in [6.07, 6.45) is 5.22. The van der Waals surface area contributed by atoms with Gasteiger partial charge in [0.1, 0.15) is 12.6 Å². The van der Waals surface area contributed by atoms with Crippen LogP contribution in [0.15, 0.2) is 53.4 Å². The number of rotatable bonds is 7. The van der Waals surface area contributed by atoms with Crippen LogP contribution in [-0.2, 0) is 22.7 Å². The van der Waals surface area contributed by atoms with Crippen LogP contribution >= 0.6 is 15.9 Å². The van der Waals surface area contributed by atoms with E-state index in [0.29, 0.717) is 24.2 Å². The summed E-state index contributed by atoms with van der Waals surface area (Å²) >= 11 is 3.45. The van der Waals surface area contributed by atoms with Gasteiger partial charge in [0.25, 0.3) is 0 Å². The molecule has 2 N–H and O–H groups in total. The van der Waals surface area contributed by atoms with E-state index in [4.69, 9.17) is 0 Å². The fraction of sp³-hybridized carbons (Fsp3) is 0.318. The molecule has 1 fully saturated rings. The molecule has 0 unspecified atom stereocenters. The molecule has 0 aliphatic carbocycles. The van der Waals surface area contributed by atoms with E-state index in [0.717, 1.165) is 29.5 Å². The van der Waals surface area contributed by atoms with Gasteiger partial charge in [0, 0.05) is 72.3 Å². The lowest BCUT2D eigenvalue weighted by Crippen LogP contribution is -2.48. The number of pyridine rings is 1. The van der Waals surface area contributed by atoms with Gasteiger partial charge in [-0.3, -0.25) is 24.4 Å². The Kier molecular flexibility index (Phi) is 6.35. The van der Waals surface area contributed by atoms with Gasteiger partial charge in [0.15, 0.2) is 0 Å². The summed E-state index contributed by atoms with van der Waals surface area (Å²) in [7, 11) is 0. The maximum Gasteiger partial charge on any atom is 0.325 e. The maximum atomic E-state index is 12.3. The van der Waals surface area contributed by atoms with Crippen molar-refractivity contribution in [1.29, 1.82) is 0 Å². The minimum atomic E-state index is -0.969. The number of carbonyl (C=O) groups is 2. The van der Waals surface area contributed by atoms with Crippen molar-refractivity contribution < 1.29 is 19.8 Å².